The van der Waals surface area contributed by atoms with Crippen LogP contribution in [0.2, 0.25) is 0 Å². The number of benzene rings is 1. The predicted octanol–water partition coefficient (Wildman–Crippen LogP) is 3.14. The Morgan fingerprint density at radius 1 is 1.36 bits per heavy atom. The molecule has 22 heavy (non-hydrogen) atoms. The van der Waals surface area contributed by atoms with Gasteiger partial charge >= 0.3 is 0 Å². The smallest absolute Gasteiger partial charge is 0.167 e. The van der Waals surface area contributed by atoms with Crippen molar-refractivity contribution in [3.8, 4) is 5.75 Å². The van der Waals surface area contributed by atoms with Crippen molar-refractivity contribution in [2.45, 2.75) is 37.9 Å². The van der Waals surface area contributed by atoms with Gasteiger partial charge in [-0.2, -0.15) is 0 Å². The van der Waals surface area contributed by atoms with Crippen LogP contribution in [0, 0.1) is 11.6 Å². The van der Waals surface area contributed by atoms with Crippen LogP contribution in [0.4, 0.5) is 8.78 Å². The number of halogens is 2. The lowest BCUT2D eigenvalue weighted by atomic mass is 10.1. The summed E-state index contributed by atoms with van der Waals surface area (Å²) < 4.78 is 32.0. The fourth-order valence-corrected chi connectivity index (χ4v) is 2.66. The van der Waals surface area contributed by atoms with Crippen molar-refractivity contribution in [1.29, 1.82) is 0 Å². The topological polar surface area (TPSA) is 32.7 Å². The first-order valence-corrected chi connectivity index (χ1v) is 7.71. The summed E-state index contributed by atoms with van der Waals surface area (Å²) in [5.74, 6) is -1.17. The van der Waals surface area contributed by atoms with Crippen LogP contribution in [-0.2, 0) is 0 Å². The Bertz CT molecular complexity index is 488. The molecule has 0 bridgehead atoms. The number of piperidine rings is 1. The molecule has 0 radical (unpaired) electrons. The lowest BCUT2D eigenvalue weighted by Gasteiger charge is -2.33. The normalized spacial score (nSPS) is 18.1. The number of hydrogen-bond acceptors (Lipinski definition) is 3. The van der Waals surface area contributed by atoms with E-state index in [1.807, 2.05) is 0 Å². The Balaban J connectivity index is 1.76. The number of allylic oxidation sites excluding steroid dienone is 1. The number of likely N-dealkylation sites (tertiary alicyclic amines) is 1. The maximum absolute atomic E-state index is 13.6. The molecule has 1 saturated heterocycles. The number of β-amino-alcohol motifs (C(OH)–C–C–N with tert-alkyl or cyclic N) is 1. The molecule has 1 unspecified atom stereocenters. The predicted molar refractivity (Wildman–Crippen MR) is 81.9 cm³/mol. The van der Waals surface area contributed by atoms with Crippen LogP contribution >= 0.6 is 0 Å². The highest BCUT2D eigenvalue weighted by atomic mass is 19.1. The van der Waals surface area contributed by atoms with Gasteiger partial charge in [-0.3, -0.25) is 0 Å². The highest BCUT2D eigenvalue weighted by Gasteiger charge is 2.22. The van der Waals surface area contributed by atoms with Crippen molar-refractivity contribution < 1.29 is 18.6 Å². The minimum absolute atomic E-state index is 0.0680. The second-order valence-electron chi connectivity index (χ2n) is 5.71. The van der Waals surface area contributed by atoms with Crippen LogP contribution in [-0.4, -0.2) is 41.8 Å². The SMILES string of the molecule is C=CCCC(O)CN1CCC(Oc2ccc(F)cc2F)CC1. The van der Waals surface area contributed by atoms with Gasteiger partial charge < -0.3 is 14.7 Å². The summed E-state index contributed by atoms with van der Waals surface area (Å²) in [6, 6.07) is 3.36. The molecule has 0 spiro atoms. The van der Waals surface area contributed by atoms with E-state index in [1.165, 1.54) is 12.1 Å². The average molecular weight is 311 g/mol. The Morgan fingerprint density at radius 2 is 2.09 bits per heavy atom. The summed E-state index contributed by atoms with van der Waals surface area (Å²) in [6.45, 7) is 5.90. The molecule has 0 aliphatic carbocycles. The van der Waals surface area contributed by atoms with E-state index >= 15 is 0 Å². The number of rotatable bonds is 7. The molecule has 122 valence electrons. The third kappa shape index (κ3) is 5.07. The lowest BCUT2D eigenvalue weighted by molar-refractivity contribution is 0.0571. The molecular weight excluding hydrogens is 288 g/mol. The number of aliphatic hydroxyl groups excluding tert-OH is 1. The number of hydrogen-bond donors (Lipinski definition) is 1. The fraction of sp³-hybridized carbons (Fsp3) is 0.529. The largest absolute Gasteiger partial charge is 0.487 e. The zero-order chi connectivity index (χ0) is 15.9. The van der Waals surface area contributed by atoms with Crippen LogP contribution in [0.5, 0.6) is 5.75 Å². The second-order valence-corrected chi connectivity index (χ2v) is 5.71. The molecular formula is C17H23F2NO2. The van der Waals surface area contributed by atoms with Crippen molar-refractivity contribution in [1.82, 2.24) is 4.90 Å². The van der Waals surface area contributed by atoms with E-state index in [4.69, 9.17) is 4.74 Å². The van der Waals surface area contributed by atoms with Gasteiger partial charge in [-0.15, -0.1) is 6.58 Å². The maximum Gasteiger partial charge on any atom is 0.167 e. The fourth-order valence-electron chi connectivity index (χ4n) is 2.66. The monoisotopic (exact) mass is 311 g/mol. The molecule has 1 heterocycles. The summed E-state index contributed by atoms with van der Waals surface area (Å²) in [6.07, 6.45) is 4.47. The zero-order valence-corrected chi connectivity index (χ0v) is 12.7. The molecule has 1 N–H and O–H groups in total. The van der Waals surface area contributed by atoms with Crippen molar-refractivity contribution in [2.24, 2.45) is 0 Å². The minimum Gasteiger partial charge on any atom is -0.487 e. The summed E-state index contributed by atoms with van der Waals surface area (Å²) >= 11 is 0. The molecule has 1 aliphatic heterocycles. The average Bonchev–Trinajstić information content (AvgIpc) is 2.50. The van der Waals surface area contributed by atoms with E-state index in [1.54, 1.807) is 6.08 Å². The highest BCUT2D eigenvalue weighted by molar-refractivity contribution is 5.25. The van der Waals surface area contributed by atoms with Crippen molar-refractivity contribution in [3.63, 3.8) is 0 Å². The molecule has 1 aromatic rings. The third-order valence-corrected chi connectivity index (χ3v) is 3.90. The van der Waals surface area contributed by atoms with Crippen LogP contribution in [0.25, 0.3) is 0 Å². The Labute approximate surface area is 130 Å². The van der Waals surface area contributed by atoms with Gasteiger partial charge in [-0.25, -0.2) is 8.78 Å². The summed E-state index contributed by atoms with van der Waals surface area (Å²) in [4.78, 5) is 2.19. The van der Waals surface area contributed by atoms with Crippen molar-refractivity contribution in [2.75, 3.05) is 19.6 Å². The van der Waals surface area contributed by atoms with E-state index in [0.29, 0.717) is 6.54 Å². The van der Waals surface area contributed by atoms with E-state index in [2.05, 4.69) is 11.5 Å². The Hall–Kier alpha value is -1.46. The first kappa shape index (κ1) is 16.9. The molecule has 1 aliphatic rings. The first-order chi connectivity index (χ1) is 10.6. The van der Waals surface area contributed by atoms with Gasteiger partial charge in [-0.1, -0.05) is 6.08 Å². The van der Waals surface area contributed by atoms with Crippen LogP contribution < -0.4 is 4.74 Å². The quantitative estimate of drug-likeness (QED) is 0.785. The molecule has 3 nitrogen and oxygen atoms in total. The number of aliphatic hydroxyl groups is 1. The van der Waals surface area contributed by atoms with Gasteiger partial charge in [0.05, 0.1) is 6.10 Å². The molecule has 0 aromatic heterocycles. The Morgan fingerprint density at radius 3 is 2.73 bits per heavy atom. The molecule has 1 atom stereocenters. The summed E-state index contributed by atoms with van der Waals surface area (Å²) in [7, 11) is 0. The van der Waals surface area contributed by atoms with Gasteiger partial charge in [0.25, 0.3) is 0 Å². The van der Waals surface area contributed by atoms with Gasteiger partial charge in [0.15, 0.2) is 11.6 Å². The van der Waals surface area contributed by atoms with Gasteiger partial charge in [0.2, 0.25) is 0 Å². The molecule has 5 heteroatoms. The standard InChI is InChI=1S/C17H23F2NO2/c1-2-3-4-14(21)12-20-9-7-15(8-10-20)22-17-6-5-13(18)11-16(17)19/h2,5-6,11,14-15,21H,1,3-4,7-10,12H2. The van der Waals surface area contributed by atoms with Gasteiger partial charge in [0.1, 0.15) is 11.9 Å². The van der Waals surface area contributed by atoms with Crippen LogP contribution in [0.1, 0.15) is 25.7 Å². The van der Waals surface area contributed by atoms with E-state index in [9.17, 15) is 13.9 Å². The van der Waals surface area contributed by atoms with Crippen molar-refractivity contribution >= 4 is 0 Å². The lowest BCUT2D eigenvalue weighted by Crippen LogP contribution is -2.41. The molecule has 1 fully saturated rings. The van der Waals surface area contributed by atoms with E-state index in [-0.39, 0.29) is 18.0 Å². The van der Waals surface area contributed by atoms with E-state index in [0.717, 1.165) is 44.8 Å². The highest BCUT2D eigenvalue weighted by Crippen LogP contribution is 2.23. The molecule has 2 rings (SSSR count). The van der Waals surface area contributed by atoms with Gasteiger partial charge in [-0.05, 0) is 37.8 Å². The molecule has 0 amide bonds. The van der Waals surface area contributed by atoms with Gasteiger partial charge in [0, 0.05) is 25.7 Å². The van der Waals surface area contributed by atoms with Crippen LogP contribution in [0.3, 0.4) is 0 Å². The summed E-state index contributed by atoms with van der Waals surface area (Å²) in [5, 5.41) is 9.89. The Kier molecular flexibility index (Phi) is 6.34. The minimum atomic E-state index is -0.665. The number of nitrogens with zero attached hydrogens (tertiary/aromatic N) is 1. The number of ether oxygens (including phenoxy) is 1. The zero-order valence-electron chi connectivity index (χ0n) is 12.7. The third-order valence-electron chi connectivity index (χ3n) is 3.90. The maximum atomic E-state index is 13.6. The summed E-state index contributed by atoms with van der Waals surface area (Å²) in [5.41, 5.74) is 0. The van der Waals surface area contributed by atoms with Crippen molar-refractivity contribution in [3.05, 3.63) is 42.5 Å². The molecule has 1 aromatic carbocycles. The van der Waals surface area contributed by atoms with Crippen LogP contribution in [0.15, 0.2) is 30.9 Å². The van der Waals surface area contributed by atoms with E-state index < -0.39 is 11.6 Å². The molecule has 0 saturated carbocycles. The second kappa shape index (κ2) is 8.25. The first-order valence-electron chi connectivity index (χ1n) is 7.71.